The highest BCUT2D eigenvalue weighted by molar-refractivity contribution is 5.96. The highest BCUT2D eigenvalue weighted by atomic mass is 16.5. The molecule has 1 aromatic carbocycles. The van der Waals surface area contributed by atoms with E-state index in [1.54, 1.807) is 7.11 Å². The van der Waals surface area contributed by atoms with Crippen molar-refractivity contribution in [3.05, 3.63) is 28.8 Å². The first-order valence-electron chi connectivity index (χ1n) is 6.80. The average molecular weight is 246 g/mol. The summed E-state index contributed by atoms with van der Waals surface area (Å²) >= 11 is 0. The molecule has 0 N–H and O–H groups in total. The topological polar surface area (TPSA) is 26.3 Å². The van der Waals surface area contributed by atoms with Crippen molar-refractivity contribution in [1.82, 2.24) is 0 Å². The Hall–Kier alpha value is -1.31. The molecular formula is C16H22O2. The molecule has 2 rings (SSSR count). The van der Waals surface area contributed by atoms with Crippen LogP contribution in [0.2, 0.25) is 0 Å². The van der Waals surface area contributed by atoms with Crippen LogP contribution in [-0.4, -0.2) is 12.9 Å². The van der Waals surface area contributed by atoms with Gasteiger partial charge in [-0.1, -0.05) is 25.7 Å². The predicted molar refractivity (Wildman–Crippen MR) is 73.4 cm³/mol. The molecule has 2 nitrogen and oxygen atoms in total. The second-order valence-electron chi connectivity index (χ2n) is 5.42. The van der Waals surface area contributed by atoms with Crippen molar-refractivity contribution in [2.45, 2.75) is 46.0 Å². The third-order valence-electron chi connectivity index (χ3n) is 3.94. The smallest absolute Gasteiger partial charge is 0.163 e. The maximum absolute atomic E-state index is 12.3. The molecule has 0 bridgehead atoms. The maximum Gasteiger partial charge on any atom is 0.163 e. The summed E-state index contributed by atoms with van der Waals surface area (Å²) in [7, 11) is 1.68. The van der Waals surface area contributed by atoms with E-state index < -0.39 is 0 Å². The molecule has 1 fully saturated rings. The first-order chi connectivity index (χ1) is 8.61. The molecule has 0 spiro atoms. The maximum atomic E-state index is 12.3. The standard InChI is InChI=1S/C16H22O2/c1-11-8-14(9-12(2)16(11)18-3)15(17)10-13-6-4-5-7-13/h8-9,13H,4-7,10H2,1-3H3. The molecule has 1 aliphatic carbocycles. The summed E-state index contributed by atoms with van der Waals surface area (Å²) in [5.74, 6) is 1.79. The fourth-order valence-electron chi connectivity index (χ4n) is 3.03. The molecular weight excluding hydrogens is 224 g/mol. The van der Waals surface area contributed by atoms with Gasteiger partial charge in [0.1, 0.15) is 5.75 Å². The van der Waals surface area contributed by atoms with Gasteiger partial charge in [-0.2, -0.15) is 0 Å². The fourth-order valence-corrected chi connectivity index (χ4v) is 3.03. The molecule has 2 heteroatoms. The second-order valence-corrected chi connectivity index (χ2v) is 5.42. The Bertz CT molecular complexity index is 419. The van der Waals surface area contributed by atoms with E-state index in [2.05, 4.69) is 0 Å². The lowest BCUT2D eigenvalue weighted by atomic mass is 9.95. The number of hydrogen-bond donors (Lipinski definition) is 0. The highest BCUT2D eigenvalue weighted by Crippen LogP contribution is 2.30. The van der Waals surface area contributed by atoms with Crippen molar-refractivity contribution in [3.8, 4) is 5.75 Å². The monoisotopic (exact) mass is 246 g/mol. The van der Waals surface area contributed by atoms with Crippen molar-refractivity contribution >= 4 is 5.78 Å². The van der Waals surface area contributed by atoms with Crippen molar-refractivity contribution in [3.63, 3.8) is 0 Å². The van der Waals surface area contributed by atoms with Crippen molar-refractivity contribution < 1.29 is 9.53 Å². The van der Waals surface area contributed by atoms with E-state index in [1.165, 1.54) is 25.7 Å². The Morgan fingerprint density at radius 1 is 1.22 bits per heavy atom. The zero-order chi connectivity index (χ0) is 13.1. The van der Waals surface area contributed by atoms with E-state index >= 15 is 0 Å². The Labute approximate surface area is 109 Å². The lowest BCUT2D eigenvalue weighted by Crippen LogP contribution is -2.07. The first kappa shape index (κ1) is 13.1. The van der Waals surface area contributed by atoms with E-state index in [0.717, 1.165) is 22.4 Å². The summed E-state index contributed by atoms with van der Waals surface area (Å²) in [5, 5.41) is 0. The summed E-state index contributed by atoms with van der Waals surface area (Å²) in [6.45, 7) is 4.00. The van der Waals surface area contributed by atoms with Gasteiger partial charge in [0.05, 0.1) is 7.11 Å². The lowest BCUT2D eigenvalue weighted by Gasteiger charge is -2.12. The Kier molecular flexibility index (Phi) is 4.05. The van der Waals surface area contributed by atoms with Crippen LogP contribution in [0.4, 0.5) is 0 Å². The summed E-state index contributed by atoms with van der Waals surface area (Å²) < 4.78 is 5.33. The van der Waals surface area contributed by atoms with Crippen LogP contribution < -0.4 is 4.74 Å². The van der Waals surface area contributed by atoms with Gasteiger partial charge in [0.15, 0.2) is 5.78 Å². The number of hydrogen-bond acceptors (Lipinski definition) is 2. The van der Waals surface area contributed by atoms with E-state index in [4.69, 9.17) is 4.74 Å². The number of Topliss-reactive ketones (excluding diaryl/α,β-unsaturated/α-hetero) is 1. The van der Waals surface area contributed by atoms with Crippen LogP contribution in [0.5, 0.6) is 5.75 Å². The summed E-state index contributed by atoms with van der Waals surface area (Å²) in [4.78, 5) is 12.3. The van der Waals surface area contributed by atoms with Crippen LogP contribution in [0.3, 0.4) is 0 Å². The van der Waals surface area contributed by atoms with Gasteiger partial charge in [-0.3, -0.25) is 4.79 Å². The number of ketones is 1. The van der Waals surface area contributed by atoms with Gasteiger partial charge < -0.3 is 4.74 Å². The van der Waals surface area contributed by atoms with Gasteiger partial charge in [0.25, 0.3) is 0 Å². The Balaban J connectivity index is 2.15. The molecule has 1 aromatic rings. The molecule has 18 heavy (non-hydrogen) atoms. The lowest BCUT2D eigenvalue weighted by molar-refractivity contribution is 0.0962. The van der Waals surface area contributed by atoms with Crippen LogP contribution in [0.15, 0.2) is 12.1 Å². The molecule has 0 aromatic heterocycles. The minimum Gasteiger partial charge on any atom is -0.496 e. The predicted octanol–water partition coefficient (Wildman–Crippen LogP) is 4.08. The SMILES string of the molecule is COc1c(C)cc(C(=O)CC2CCCC2)cc1C. The molecule has 0 unspecified atom stereocenters. The minimum atomic E-state index is 0.288. The second kappa shape index (κ2) is 5.55. The van der Waals surface area contributed by atoms with Crippen molar-refractivity contribution in [1.29, 1.82) is 0 Å². The number of ether oxygens (including phenoxy) is 1. The molecule has 1 aliphatic rings. The van der Waals surface area contributed by atoms with Gasteiger partial charge in [0.2, 0.25) is 0 Å². The number of carbonyl (C=O) groups excluding carboxylic acids is 1. The third-order valence-corrected chi connectivity index (χ3v) is 3.94. The number of benzene rings is 1. The van der Waals surface area contributed by atoms with Crippen LogP contribution in [0.1, 0.15) is 53.6 Å². The minimum absolute atomic E-state index is 0.288. The van der Waals surface area contributed by atoms with Crippen LogP contribution in [0.25, 0.3) is 0 Å². The Morgan fingerprint density at radius 3 is 2.28 bits per heavy atom. The van der Waals surface area contributed by atoms with E-state index in [-0.39, 0.29) is 5.78 Å². The average Bonchev–Trinajstić information content (AvgIpc) is 2.81. The zero-order valence-electron chi connectivity index (χ0n) is 11.6. The van der Waals surface area contributed by atoms with Gasteiger partial charge in [0, 0.05) is 12.0 Å². The van der Waals surface area contributed by atoms with Crippen LogP contribution in [0, 0.1) is 19.8 Å². The normalized spacial score (nSPS) is 15.9. The number of aryl methyl sites for hydroxylation is 2. The molecule has 98 valence electrons. The van der Waals surface area contributed by atoms with Crippen molar-refractivity contribution in [2.75, 3.05) is 7.11 Å². The summed E-state index contributed by atoms with van der Waals surface area (Å²) in [6.07, 6.45) is 5.74. The van der Waals surface area contributed by atoms with E-state index in [1.807, 2.05) is 26.0 Å². The van der Waals surface area contributed by atoms with E-state index in [9.17, 15) is 4.79 Å². The summed E-state index contributed by atoms with van der Waals surface area (Å²) in [6, 6.07) is 3.92. The molecule has 0 aliphatic heterocycles. The van der Waals surface area contributed by atoms with E-state index in [0.29, 0.717) is 12.3 Å². The van der Waals surface area contributed by atoms with Gasteiger partial charge in [-0.25, -0.2) is 0 Å². The molecule has 0 amide bonds. The van der Waals surface area contributed by atoms with Crippen molar-refractivity contribution in [2.24, 2.45) is 5.92 Å². The van der Waals surface area contributed by atoms with Crippen LogP contribution in [-0.2, 0) is 0 Å². The third kappa shape index (κ3) is 2.74. The molecule has 1 saturated carbocycles. The van der Waals surface area contributed by atoms with Gasteiger partial charge in [-0.15, -0.1) is 0 Å². The number of carbonyl (C=O) groups is 1. The Morgan fingerprint density at radius 2 is 1.78 bits per heavy atom. The number of rotatable bonds is 4. The summed E-state index contributed by atoms with van der Waals surface area (Å²) in [5.41, 5.74) is 2.94. The molecule has 0 heterocycles. The van der Waals surface area contributed by atoms with Gasteiger partial charge in [-0.05, 0) is 43.0 Å². The highest BCUT2D eigenvalue weighted by Gasteiger charge is 2.20. The molecule has 0 atom stereocenters. The van der Waals surface area contributed by atoms with Crippen LogP contribution >= 0.6 is 0 Å². The zero-order valence-corrected chi connectivity index (χ0v) is 11.6. The van der Waals surface area contributed by atoms with Gasteiger partial charge >= 0.3 is 0 Å². The molecule has 0 saturated heterocycles. The fraction of sp³-hybridized carbons (Fsp3) is 0.562. The largest absolute Gasteiger partial charge is 0.496 e. The first-order valence-corrected chi connectivity index (χ1v) is 6.80. The number of methoxy groups -OCH3 is 1. The molecule has 0 radical (unpaired) electrons. The quantitative estimate of drug-likeness (QED) is 0.748.